The predicted octanol–water partition coefficient (Wildman–Crippen LogP) is 23.0. The summed E-state index contributed by atoms with van der Waals surface area (Å²) >= 11 is 0. The fourth-order valence-corrected chi connectivity index (χ4v) is 14.0. The van der Waals surface area contributed by atoms with Crippen LogP contribution in [0.5, 0.6) is 5.75 Å². The van der Waals surface area contributed by atoms with Crippen molar-refractivity contribution in [1.29, 1.82) is 0 Å². The lowest BCUT2D eigenvalue weighted by Gasteiger charge is -2.01. The molecule has 0 atom stereocenters. The van der Waals surface area contributed by atoms with Crippen molar-refractivity contribution in [3.05, 3.63) is 461 Å². The van der Waals surface area contributed by atoms with Crippen molar-refractivity contribution in [2.45, 2.75) is 157 Å². The molecule has 19 aromatic rings. The highest BCUT2D eigenvalue weighted by Crippen LogP contribution is 2.26. The van der Waals surface area contributed by atoms with Gasteiger partial charge in [0.1, 0.15) is 52.8 Å². The van der Waals surface area contributed by atoms with Gasteiger partial charge in [0.25, 0.3) is 0 Å². The van der Waals surface area contributed by atoms with Gasteiger partial charge in [0.15, 0.2) is 23.0 Å². The van der Waals surface area contributed by atoms with E-state index in [2.05, 4.69) is 165 Å². The van der Waals surface area contributed by atoms with Crippen LogP contribution in [0, 0.1) is 120 Å². The van der Waals surface area contributed by atoms with E-state index in [0.29, 0.717) is 85.3 Å². The minimum Gasteiger partial charge on any atom is -0.497 e. The molecule has 6 heterocycles. The second-order valence-electron chi connectivity index (χ2n) is 34.3. The molecule has 768 valence electrons. The number of nitrogen functional groups attached to an aromatic ring is 5. The Bertz CT molecular complexity index is 7090. The number of hydrogen-bond acceptors (Lipinski definition) is 24. The van der Waals surface area contributed by atoms with E-state index in [1.807, 2.05) is 195 Å². The molecule has 1 aliphatic heterocycles. The molecule has 0 fully saturated rings. The molecule has 0 unspecified atom stereocenters. The second kappa shape index (κ2) is 62.3. The Labute approximate surface area is 861 Å². The molecular weight excluding hydrogens is 1850 g/mol. The van der Waals surface area contributed by atoms with Crippen LogP contribution >= 0.6 is 0 Å². The number of aromatic nitrogens is 8. The van der Waals surface area contributed by atoms with Crippen LogP contribution in [-0.2, 0) is 52.4 Å². The average molecular weight is 1990 g/mol. The van der Waals surface area contributed by atoms with Crippen molar-refractivity contribution < 1.29 is 26.8 Å². The van der Waals surface area contributed by atoms with E-state index in [-0.39, 0.29) is 37.2 Å². The van der Waals surface area contributed by atoms with E-state index >= 15 is 0 Å². The normalized spacial score (nSPS) is 10.3. The number of amidine groups is 1. The number of nitrogens with zero attached hydrogens (tertiary/aromatic N) is 9. The van der Waals surface area contributed by atoms with Crippen LogP contribution < -0.4 is 79.3 Å². The highest BCUT2D eigenvalue weighted by molar-refractivity contribution is 6.01. The molecule has 20 rings (SSSR count). The van der Waals surface area contributed by atoms with Crippen molar-refractivity contribution in [1.82, 2.24) is 40.5 Å². The second-order valence-corrected chi connectivity index (χ2v) is 34.3. The summed E-state index contributed by atoms with van der Waals surface area (Å²) in [6.07, 6.45) is 6.64. The van der Waals surface area contributed by atoms with Crippen LogP contribution in [-0.4, -0.2) is 53.4 Å². The number of anilines is 5. The number of fused-ring (bicyclic) bond motifs is 6. The van der Waals surface area contributed by atoms with Gasteiger partial charge in [-0.25, -0.2) is 32.5 Å². The summed E-state index contributed by atoms with van der Waals surface area (Å²) in [5.41, 5.74) is 98.3. The number of ether oxygens (including phenoxy) is 1. The molecule has 26 N–H and O–H groups in total. The molecule has 1 aliphatic rings. The highest BCUT2D eigenvalue weighted by atomic mass is 19.1. The fraction of sp³-hybridized carbons (Fsp3) is 0.202. The summed E-state index contributed by atoms with van der Waals surface area (Å²) in [7, 11) is 1.67. The number of rotatable bonds is 8. The SMILES string of the molecule is C.COc1ccc(C)cc1.Cc1c(F)cccc1CN.Cc1cc(F)ccc1CN.Cc1ccc(CN)cc1.Cc1ccc(F)cc1CN.Cc1ccc2c(N)nncc2c1.Cc1ccc2c(c1)C(N)=NC2.Cc1ccc2ccnc(N)c2c1.Cc1ccc2cnnc(N)c2c1.Cc1ccc2ncnc(N)c2c1.Cc1ccc2onc(N)c2c1.Cc1cccc(CN)c1.Cc1cccc(F)c1CN.Cc1ccccc1CN. The Morgan fingerprint density at radius 2 is 0.816 bits per heavy atom. The number of pyridine rings is 1. The van der Waals surface area contributed by atoms with Crippen LogP contribution in [0.4, 0.5) is 46.7 Å². The summed E-state index contributed by atoms with van der Waals surface area (Å²) < 4.78 is 60.3. The minimum atomic E-state index is -0.217. The molecule has 0 saturated carbocycles. The number of methoxy groups -OCH3 is 1. The summed E-state index contributed by atoms with van der Waals surface area (Å²) in [4.78, 5) is 16.2. The van der Waals surface area contributed by atoms with E-state index in [4.69, 9.17) is 83.8 Å². The lowest BCUT2D eigenvalue weighted by atomic mass is 10.1. The number of benzene rings is 14. The van der Waals surface area contributed by atoms with Crippen molar-refractivity contribution in [3.8, 4) is 5.75 Å². The lowest BCUT2D eigenvalue weighted by molar-refractivity contribution is 0.414. The number of aryl methyl sites for hydroxylation is 13. The van der Waals surface area contributed by atoms with Crippen molar-refractivity contribution in [3.63, 3.8) is 0 Å². The zero-order valence-corrected chi connectivity index (χ0v) is 86.0. The number of hydrogen-bond donors (Lipinski definition) is 13. The van der Waals surface area contributed by atoms with Gasteiger partial charge in [0.2, 0.25) is 0 Å². The summed E-state index contributed by atoms with van der Waals surface area (Å²) in [5.74, 6) is 3.41. The first-order chi connectivity index (χ1) is 69.9. The lowest BCUT2D eigenvalue weighted by Crippen LogP contribution is -2.10. The van der Waals surface area contributed by atoms with Gasteiger partial charge in [-0.2, -0.15) is 10.2 Å². The average Bonchev–Trinajstić information content (AvgIpc) is 1.59. The van der Waals surface area contributed by atoms with Gasteiger partial charge in [-0.1, -0.05) is 245 Å². The molecular formula is C119H142F4N22O2. The van der Waals surface area contributed by atoms with Gasteiger partial charge in [-0.15, -0.1) is 10.2 Å². The number of aliphatic imine (C=N–C) groups is 1. The maximum Gasteiger partial charge on any atom is 0.174 e. The Morgan fingerprint density at radius 1 is 0.327 bits per heavy atom. The third-order valence-electron chi connectivity index (χ3n) is 22.7. The Morgan fingerprint density at radius 3 is 1.39 bits per heavy atom. The fourth-order valence-electron chi connectivity index (χ4n) is 14.0. The van der Waals surface area contributed by atoms with E-state index in [0.717, 1.165) is 111 Å². The Kier molecular flexibility index (Phi) is 50.6. The van der Waals surface area contributed by atoms with E-state index < -0.39 is 0 Å². The summed E-state index contributed by atoms with van der Waals surface area (Å²) in [6.45, 7) is 32.1. The molecule has 0 saturated heterocycles. The first kappa shape index (κ1) is 119. The first-order valence-corrected chi connectivity index (χ1v) is 47.1. The number of nitrogens with two attached hydrogens (primary N) is 13. The number of halogens is 4. The largest absolute Gasteiger partial charge is 0.497 e. The maximum atomic E-state index is 12.8. The van der Waals surface area contributed by atoms with Crippen LogP contribution in [0.25, 0.3) is 54.2 Å². The van der Waals surface area contributed by atoms with E-state index in [1.165, 1.54) is 115 Å². The quantitative estimate of drug-likeness (QED) is 0.0628. The van der Waals surface area contributed by atoms with Gasteiger partial charge in [-0.3, -0.25) is 4.99 Å². The van der Waals surface area contributed by atoms with E-state index in [1.54, 1.807) is 56.9 Å². The zero-order chi connectivity index (χ0) is 107. The van der Waals surface area contributed by atoms with Gasteiger partial charge in [-0.05, 0) is 272 Å². The summed E-state index contributed by atoms with van der Waals surface area (Å²) in [5, 5.41) is 26.8. The monoisotopic (exact) mass is 1990 g/mol. The van der Waals surface area contributed by atoms with Crippen LogP contribution in [0.2, 0.25) is 0 Å². The molecule has 0 amide bonds. The standard InChI is InChI=1S/C10H10N2.3C9H9N3.C9H10N2.4C8H10FN.C8H8N2O.3C8H11N.C8H10O.CH4/c1-7-2-3-8-4-5-12-10(11)9(8)6-7;1-6-2-3-8-7(4-6)9(10)12-5-11-8;1-6-2-3-8-7(4-6)5-11-12-9(8)10;1-6-2-3-7-5-11-12-9(10)8(7)4-6;1-6-2-3-7-5-11-9(10)8(7)4-6;1-6-4-8(9)3-2-7(6)5-10;1-6-2-3-8(9)4-7(6)5-10;1-6-7(5-10)3-2-4-8(6)9;1-6-3-2-4-8(9)7(6)5-10;1-5-2-3-7-6(4-5)8(9)10-11-7;1-7-2-4-8(6-9)5-3-7;1-7-3-2-4-8(5-7)6-9;1-7-4-2-3-5-8(7)6-9;1-7-3-5-8(9-2)6-4-7;/h2-6H,1H3,(H2,11,12);2-5H,1H3,(H2,10,11,12);2*2-5H,1H3,(H2,10,12);2-4H,5H2,1H3,(H2,10,11);4*2-4H,5,10H2,1H3;2-4H,1H3,(H2,9,10);3*2-5H,6,9H2,1H3;3-6H,1-2H3;1H4. The molecule has 14 aromatic carbocycles. The topological polar surface area (TPSA) is 476 Å². The molecule has 0 aliphatic carbocycles. The molecule has 0 bridgehead atoms. The Balaban J connectivity index is 0.000000242. The van der Waals surface area contributed by atoms with Crippen molar-refractivity contribution in [2.75, 3.05) is 35.8 Å². The third kappa shape index (κ3) is 39.7. The molecule has 0 radical (unpaired) electrons. The zero-order valence-electron chi connectivity index (χ0n) is 86.0. The molecule has 28 heteroatoms. The van der Waals surface area contributed by atoms with Gasteiger partial charge < -0.3 is 83.8 Å². The minimum absolute atomic E-state index is 0. The van der Waals surface area contributed by atoms with Crippen LogP contribution in [0.1, 0.15) is 135 Å². The van der Waals surface area contributed by atoms with Crippen LogP contribution in [0.15, 0.2) is 320 Å². The predicted molar refractivity (Wildman–Crippen MR) is 604 cm³/mol. The van der Waals surface area contributed by atoms with Crippen molar-refractivity contribution >= 4 is 89.1 Å². The third-order valence-corrected chi connectivity index (χ3v) is 22.7. The molecule has 5 aromatic heterocycles. The summed E-state index contributed by atoms with van der Waals surface area (Å²) in [6, 6.07) is 90.0. The van der Waals surface area contributed by atoms with Gasteiger partial charge in [0, 0.05) is 95.5 Å². The van der Waals surface area contributed by atoms with Gasteiger partial charge >= 0.3 is 0 Å². The van der Waals surface area contributed by atoms with Crippen molar-refractivity contribution in [2.24, 2.45) is 50.9 Å². The smallest absolute Gasteiger partial charge is 0.174 e. The highest BCUT2D eigenvalue weighted by Gasteiger charge is 2.13. The van der Waals surface area contributed by atoms with Gasteiger partial charge in [0.05, 0.1) is 37.0 Å². The van der Waals surface area contributed by atoms with E-state index in [9.17, 15) is 17.6 Å². The Hall–Kier alpha value is -16.3. The molecule has 147 heavy (non-hydrogen) atoms. The first-order valence-electron chi connectivity index (χ1n) is 47.1. The molecule has 24 nitrogen and oxygen atoms in total. The van der Waals surface area contributed by atoms with Crippen LogP contribution in [0.3, 0.4) is 0 Å². The molecule has 0 spiro atoms. The maximum absolute atomic E-state index is 12.8.